The van der Waals surface area contributed by atoms with Gasteiger partial charge in [-0.15, -0.1) is 0 Å². The van der Waals surface area contributed by atoms with Crippen molar-refractivity contribution in [2.45, 2.75) is 19.6 Å². The predicted octanol–water partition coefficient (Wildman–Crippen LogP) is 1.57. The third-order valence-corrected chi connectivity index (χ3v) is 2.46. The molecule has 0 radical (unpaired) electrons. The zero-order valence-corrected chi connectivity index (χ0v) is 10.2. The SMILES string of the molecule is CC(COS(C)(=O)=O)OCc1ccccc1. The maximum Gasteiger partial charge on any atom is 0.264 e. The smallest absolute Gasteiger partial charge is 0.264 e. The quantitative estimate of drug-likeness (QED) is 0.713. The topological polar surface area (TPSA) is 52.6 Å². The van der Waals surface area contributed by atoms with Gasteiger partial charge in [-0.2, -0.15) is 8.42 Å². The molecule has 0 saturated heterocycles. The van der Waals surface area contributed by atoms with Gasteiger partial charge in [-0.1, -0.05) is 30.3 Å². The number of rotatable bonds is 6. The average molecular weight is 244 g/mol. The second-order valence-electron chi connectivity index (χ2n) is 3.60. The molecule has 0 aliphatic heterocycles. The molecule has 0 spiro atoms. The summed E-state index contributed by atoms with van der Waals surface area (Å²) in [5.41, 5.74) is 1.05. The molecule has 0 bridgehead atoms. The van der Waals surface area contributed by atoms with Crippen LogP contribution in [0.4, 0.5) is 0 Å². The van der Waals surface area contributed by atoms with E-state index in [0.29, 0.717) is 6.61 Å². The monoisotopic (exact) mass is 244 g/mol. The molecule has 90 valence electrons. The molecule has 0 aliphatic carbocycles. The molecular formula is C11H16O4S. The first-order valence-electron chi connectivity index (χ1n) is 4.97. The predicted molar refractivity (Wildman–Crippen MR) is 61.5 cm³/mol. The third-order valence-electron chi connectivity index (χ3n) is 1.89. The van der Waals surface area contributed by atoms with E-state index in [1.54, 1.807) is 6.92 Å². The Morgan fingerprint density at radius 2 is 1.88 bits per heavy atom. The lowest BCUT2D eigenvalue weighted by Gasteiger charge is -2.12. The summed E-state index contributed by atoms with van der Waals surface area (Å²) in [6.45, 7) is 2.27. The summed E-state index contributed by atoms with van der Waals surface area (Å²) in [5.74, 6) is 0. The second kappa shape index (κ2) is 5.98. The van der Waals surface area contributed by atoms with Crippen molar-refractivity contribution in [3.05, 3.63) is 35.9 Å². The molecular weight excluding hydrogens is 228 g/mol. The lowest BCUT2D eigenvalue weighted by atomic mass is 10.2. The molecule has 1 aromatic rings. The Labute approximate surface area is 96.3 Å². The van der Waals surface area contributed by atoms with Gasteiger partial charge >= 0.3 is 0 Å². The summed E-state index contributed by atoms with van der Waals surface area (Å²) in [4.78, 5) is 0. The van der Waals surface area contributed by atoms with Crippen molar-refractivity contribution in [2.75, 3.05) is 12.9 Å². The molecule has 0 saturated carbocycles. The van der Waals surface area contributed by atoms with Crippen LogP contribution in [0.3, 0.4) is 0 Å². The van der Waals surface area contributed by atoms with Crippen molar-refractivity contribution in [2.24, 2.45) is 0 Å². The van der Waals surface area contributed by atoms with Gasteiger partial charge in [0.25, 0.3) is 10.1 Å². The molecule has 0 amide bonds. The van der Waals surface area contributed by atoms with Crippen LogP contribution in [0.5, 0.6) is 0 Å². The Bertz CT molecular complexity index is 399. The fraction of sp³-hybridized carbons (Fsp3) is 0.455. The maximum atomic E-state index is 10.7. The molecule has 1 unspecified atom stereocenters. The van der Waals surface area contributed by atoms with E-state index in [0.717, 1.165) is 11.8 Å². The van der Waals surface area contributed by atoms with E-state index in [-0.39, 0.29) is 12.7 Å². The van der Waals surface area contributed by atoms with Gasteiger partial charge in [0.15, 0.2) is 0 Å². The molecule has 0 N–H and O–H groups in total. The van der Waals surface area contributed by atoms with Gasteiger partial charge in [0.2, 0.25) is 0 Å². The van der Waals surface area contributed by atoms with E-state index in [1.165, 1.54) is 0 Å². The lowest BCUT2D eigenvalue weighted by Crippen LogP contribution is -2.18. The van der Waals surface area contributed by atoms with E-state index in [2.05, 4.69) is 4.18 Å². The first-order chi connectivity index (χ1) is 7.47. The molecule has 5 heteroatoms. The zero-order valence-electron chi connectivity index (χ0n) is 9.42. The molecule has 0 aliphatic rings. The first kappa shape index (κ1) is 13.2. The summed E-state index contributed by atoms with van der Waals surface area (Å²) < 4.78 is 31.5. The highest BCUT2D eigenvalue weighted by atomic mass is 32.2. The standard InChI is InChI=1S/C11H16O4S/c1-10(8-15-16(2,12)13)14-9-11-6-4-3-5-7-11/h3-7,10H,8-9H2,1-2H3. The molecule has 1 rings (SSSR count). The normalized spacial score (nSPS) is 13.6. The van der Waals surface area contributed by atoms with Crippen molar-refractivity contribution >= 4 is 10.1 Å². The molecule has 0 fully saturated rings. The van der Waals surface area contributed by atoms with Gasteiger partial charge < -0.3 is 4.74 Å². The van der Waals surface area contributed by atoms with Crippen molar-refractivity contribution < 1.29 is 17.3 Å². The summed E-state index contributed by atoms with van der Waals surface area (Å²) >= 11 is 0. The molecule has 1 atom stereocenters. The van der Waals surface area contributed by atoms with Gasteiger partial charge in [0.1, 0.15) is 0 Å². The van der Waals surface area contributed by atoms with Crippen molar-refractivity contribution in [1.29, 1.82) is 0 Å². The van der Waals surface area contributed by atoms with Crippen LogP contribution in [0, 0.1) is 0 Å². The molecule has 1 aromatic carbocycles. The van der Waals surface area contributed by atoms with Crippen LogP contribution in [0.2, 0.25) is 0 Å². The third kappa shape index (κ3) is 5.85. The summed E-state index contributed by atoms with van der Waals surface area (Å²) in [5, 5.41) is 0. The number of hydrogen-bond acceptors (Lipinski definition) is 4. The minimum atomic E-state index is -3.38. The van der Waals surface area contributed by atoms with E-state index >= 15 is 0 Å². The number of hydrogen-bond donors (Lipinski definition) is 0. The maximum absolute atomic E-state index is 10.7. The van der Waals surface area contributed by atoms with Crippen LogP contribution >= 0.6 is 0 Å². The van der Waals surface area contributed by atoms with Gasteiger partial charge in [-0.05, 0) is 12.5 Å². The van der Waals surface area contributed by atoms with Crippen LogP contribution in [-0.4, -0.2) is 27.4 Å². The Hall–Kier alpha value is -0.910. The van der Waals surface area contributed by atoms with Gasteiger partial charge in [0.05, 0.1) is 25.6 Å². The van der Waals surface area contributed by atoms with Crippen LogP contribution in [0.1, 0.15) is 12.5 Å². The van der Waals surface area contributed by atoms with Crippen molar-refractivity contribution in [1.82, 2.24) is 0 Å². The molecule has 4 nitrogen and oxygen atoms in total. The fourth-order valence-electron chi connectivity index (χ4n) is 1.08. The first-order valence-corrected chi connectivity index (χ1v) is 6.79. The second-order valence-corrected chi connectivity index (χ2v) is 5.24. The van der Waals surface area contributed by atoms with Gasteiger partial charge in [-0.3, -0.25) is 4.18 Å². The Kier molecular flexibility index (Phi) is 4.92. The lowest BCUT2D eigenvalue weighted by molar-refractivity contribution is 0.0232. The van der Waals surface area contributed by atoms with E-state index < -0.39 is 10.1 Å². The zero-order chi connectivity index (χ0) is 12.0. The highest BCUT2D eigenvalue weighted by Crippen LogP contribution is 2.04. The van der Waals surface area contributed by atoms with Crippen LogP contribution in [0.15, 0.2) is 30.3 Å². The summed E-state index contributed by atoms with van der Waals surface area (Å²) in [7, 11) is -3.38. The summed E-state index contributed by atoms with van der Waals surface area (Å²) in [6.07, 6.45) is 0.770. The fourth-order valence-corrected chi connectivity index (χ4v) is 1.52. The minimum absolute atomic E-state index is 0.0473. The molecule has 0 aromatic heterocycles. The number of ether oxygens (including phenoxy) is 1. The Balaban J connectivity index is 2.28. The highest BCUT2D eigenvalue weighted by molar-refractivity contribution is 7.85. The van der Waals surface area contributed by atoms with Crippen molar-refractivity contribution in [3.63, 3.8) is 0 Å². The Morgan fingerprint density at radius 3 is 2.44 bits per heavy atom. The van der Waals surface area contributed by atoms with E-state index in [1.807, 2.05) is 30.3 Å². The Morgan fingerprint density at radius 1 is 1.25 bits per heavy atom. The summed E-state index contributed by atoms with van der Waals surface area (Å²) in [6, 6.07) is 9.68. The van der Waals surface area contributed by atoms with Crippen LogP contribution < -0.4 is 0 Å². The largest absolute Gasteiger partial charge is 0.371 e. The minimum Gasteiger partial charge on any atom is -0.371 e. The molecule has 16 heavy (non-hydrogen) atoms. The van der Waals surface area contributed by atoms with E-state index in [4.69, 9.17) is 4.74 Å². The van der Waals surface area contributed by atoms with E-state index in [9.17, 15) is 8.42 Å². The molecule has 0 heterocycles. The van der Waals surface area contributed by atoms with Gasteiger partial charge in [-0.25, -0.2) is 0 Å². The van der Waals surface area contributed by atoms with Gasteiger partial charge in [0, 0.05) is 0 Å². The number of benzene rings is 1. The van der Waals surface area contributed by atoms with Crippen molar-refractivity contribution in [3.8, 4) is 0 Å². The van der Waals surface area contributed by atoms with Crippen LogP contribution in [-0.2, 0) is 25.6 Å². The highest BCUT2D eigenvalue weighted by Gasteiger charge is 2.07. The average Bonchev–Trinajstić information content (AvgIpc) is 2.24. The van der Waals surface area contributed by atoms with Crippen LogP contribution in [0.25, 0.3) is 0 Å².